The maximum Gasteiger partial charge on any atom is 0.252 e. The van der Waals surface area contributed by atoms with Crippen molar-refractivity contribution in [3.63, 3.8) is 0 Å². The molecule has 0 fully saturated rings. The first kappa shape index (κ1) is 61.2. The molecule has 0 amide bonds. The smallest absolute Gasteiger partial charge is 0.252 e. The van der Waals surface area contributed by atoms with Crippen molar-refractivity contribution in [1.82, 2.24) is 9.13 Å². The van der Waals surface area contributed by atoms with Gasteiger partial charge in [0, 0.05) is 77.9 Å². The number of rotatable bonds is 11. The van der Waals surface area contributed by atoms with Crippen LogP contribution in [0.1, 0.15) is 141 Å². The summed E-state index contributed by atoms with van der Waals surface area (Å²) in [6.45, 7) is 30.4. The third-order valence-corrected chi connectivity index (χ3v) is 24.5. The van der Waals surface area contributed by atoms with E-state index in [1.165, 1.54) is 0 Å². The topological polar surface area (TPSA) is 16.3 Å². The van der Waals surface area contributed by atoms with Gasteiger partial charge < -0.3 is 18.9 Å². The molecule has 0 radical (unpaired) electrons. The number of fused-ring (bicyclic) bond motifs is 10. The fourth-order valence-corrected chi connectivity index (χ4v) is 18.5. The quantitative estimate of drug-likeness (QED) is 0.120. The van der Waals surface area contributed by atoms with Crippen LogP contribution in [0.2, 0.25) is 0 Å². The molecule has 0 atom stereocenters. The number of aryl methyl sites for hydroxylation is 3. The van der Waals surface area contributed by atoms with E-state index in [9.17, 15) is 19.2 Å². The van der Waals surface area contributed by atoms with Crippen LogP contribution in [0.4, 0.5) is 34.1 Å². The predicted molar refractivity (Wildman–Crippen MR) is 516 cm³/mol. The molecule has 2 aliphatic heterocycles. The Morgan fingerprint density at radius 3 is 1.00 bits per heavy atom. The van der Waals surface area contributed by atoms with Crippen LogP contribution in [-0.2, 0) is 21.7 Å². The average molecular weight is 1560 g/mol. The summed E-state index contributed by atoms with van der Waals surface area (Å²) in [5.41, 5.74) is 23.8. The van der Waals surface area contributed by atoms with Crippen LogP contribution in [0.3, 0.4) is 0 Å². The van der Waals surface area contributed by atoms with E-state index in [0.29, 0.717) is 22.7 Å². The molecule has 0 unspecified atom stereocenters. The van der Waals surface area contributed by atoms with E-state index in [1.54, 1.807) is 9.13 Å². The number of hydrogen-bond acceptors (Lipinski definition) is 2. The molecule has 16 aromatic carbocycles. The highest BCUT2D eigenvalue weighted by Gasteiger charge is 2.47. The minimum Gasteiger partial charge on any atom is -0.310 e. The maximum atomic E-state index is 10.5. The van der Waals surface area contributed by atoms with Gasteiger partial charge >= 0.3 is 0 Å². The van der Waals surface area contributed by atoms with Crippen molar-refractivity contribution in [2.24, 2.45) is 0 Å². The van der Waals surface area contributed by atoms with E-state index in [0.717, 1.165) is 145 Å². The van der Waals surface area contributed by atoms with Crippen LogP contribution < -0.4 is 26.2 Å². The summed E-state index contributed by atoms with van der Waals surface area (Å²) in [5, 5.41) is 0.349. The third kappa shape index (κ3) is 12.8. The van der Waals surface area contributed by atoms with Gasteiger partial charge in [-0.3, -0.25) is 0 Å². The van der Waals surface area contributed by atoms with E-state index >= 15 is 0 Å². The first-order valence-corrected chi connectivity index (χ1v) is 41.7. The fourth-order valence-electron chi connectivity index (χ4n) is 18.5. The lowest BCUT2D eigenvalue weighted by Gasteiger charge is -2.46. The monoisotopic (exact) mass is 1560 g/mol. The van der Waals surface area contributed by atoms with Crippen molar-refractivity contribution in [3.05, 3.63) is 378 Å². The fraction of sp³-hybridized carbons (Fsp3) is 0.165. The molecule has 120 heavy (non-hydrogen) atoms. The minimum absolute atomic E-state index is 0.0324. The molecule has 18 aromatic rings. The highest BCUT2D eigenvalue weighted by atomic mass is 15.2. The SMILES string of the molecule is [2H]c1c([2H])c([2H])c2c(c1[2H])c1c([2H])c(C(C)(C)C)c([2H])c([2H])c1n2-c1ccc2c(c1)N(c1c(-c3ccccc3)cc(C(C)(C)C)cc1-c1ccccc1)c1cc(-c3c(C)cc(C)cc3C)cc3c1B2c1ccc(-n2c4c([2H])c([2H])c([2H])c([2H])c4c4c([2H])c(C(C)(C)C)c([2H])c([2H])c42)cc1N3c1c(-c2cccc(-c3ccccc3)c2)cc(C(C)(C)C)cc1-c1cccc(-c2ccccc2)c1. The Bertz CT molecular complexity index is 7860. The van der Waals surface area contributed by atoms with E-state index in [1.807, 2.05) is 77.9 Å². The number of anilines is 6. The Hall–Kier alpha value is -13.2. The van der Waals surface area contributed by atoms with Crippen molar-refractivity contribution in [3.8, 4) is 89.3 Å². The zero-order chi connectivity index (χ0) is 94.8. The van der Waals surface area contributed by atoms with Crippen molar-refractivity contribution < 1.29 is 19.2 Å². The zero-order valence-corrected chi connectivity index (χ0v) is 70.6. The summed E-state index contributed by atoms with van der Waals surface area (Å²) in [6, 6.07) is 85.3. The van der Waals surface area contributed by atoms with Crippen LogP contribution in [0.5, 0.6) is 0 Å². The molecule has 2 aromatic heterocycles. The van der Waals surface area contributed by atoms with Gasteiger partial charge in [-0.15, -0.1) is 0 Å². The van der Waals surface area contributed by atoms with Crippen molar-refractivity contribution in [2.75, 3.05) is 9.80 Å². The molecule has 4 nitrogen and oxygen atoms in total. The largest absolute Gasteiger partial charge is 0.310 e. The molecular formula is C115H101BN4. The second kappa shape index (κ2) is 28.5. The summed E-state index contributed by atoms with van der Waals surface area (Å²) in [5.74, 6) is 0. The van der Waals surface area contributed by atoms with E-state index < -0.39 is 58.6 Å². The molecule has 0 N–H and O–H groups in total. The molecule has 4 heterocycles. The van der Waals surface area contributed by atoms with Crippen molar-refractivity contribution in [1.29, 1.82) is 0 Å². The molecule has 0 saturated heterocycles. The van der Waals surface area contributed by atoms with Crippen LogP contribution in [0.15, 0.2) is 339 Å². The zero-order valence-electron chi connectivity index (χ0n) is 84.6. The molecule has 0 bridgehead atoms. The van der Waals surface area contributed by atoms with Gasteiger partial charge in [0.1, 0.15) is 0 Å². The van der Waals surface area contributed by atoms with Crippen LogP contribution in [0.25, 0.3) is 133 Å². The van der Waals surface area contributed by atoms with Gasteiger partial charge in [0.25, 0.3) is 6.71 Å². The molecule has 0 saturated carbocycles. The van der Waals surface area contributed by atoms with Crippen LogP contribution in [-0.4, -0.2) is 15.8 Å². The second-order valence-corrected chi connectivity index (χ2v) is 36.8. The lowest BCUT2D eigenvalue weighted by Crippen LogP contribution is -2.61. The number of benzene rings is 16. The summed E-state index contributed by atoms with van der Waals surface area (Å²) >= 11 is 0. The number of nitrogens with zero attached hydrogens (tertiary/aromatic N) is 4. The first-order chi connectivity index (χ1) is 63.6. The lowest BCUT2D eigenvalue weighted by molar-refractivity contribution is 0.590. The van der Waals surface area contributed by atoms with Gasteiger partial charge in [0.05, 0.1) is 52.6 Å². The van der Waals surface area contributed by atoms with Gasteiger partial charge in [-0.25, -0.2) is 0 Å². The molecule has 584 valence electrons. The Labute approximate surface area is 728 Å². The Balaban J connectivity index is 1.04. The van der Waals surface area contributed by atoms with Gasteiger partial charge in [0.15, 0.2) is 0 Å². The molecule has 20 rings (SSSR count). The Morgan fingerprint density at radius 1 is 0.275 bits per heavy atom. The summed E-state index contributed by atoms with van der Waals surface area (Å²) in [4.78, 5) is 4.85. The minimum atomic E-state index is -0.867. The molecular weight excluding hydrogens is 1450 g/mol. The maximum absolute atomic E-state index is 10.5. The highest BCUT2D eigenvalue weighted by molar-refractivity contribution is 7.00. The second-order valence-electron chi connectivity index (χ2n) is 36.8. The number of hydrogen-bond donors (Lipinski definition) is 0. The third-order valence-electron chi connectivity index (χ3n) is 24.5. The van der Waals surface area contributed by atoms with Gasteiger partial charge in [0.2, 0.25) is 0 Å². The normalized spacial score (nSPS) is 14.5. The highest BCUT2D eigenvalue weighted by Crippen LogP contribution is 2.57. The summed E-state index contributed by atoms with van der Waals surface area (Å²) in [7, 11) is 0. The van der Waals surface area contributed by atoms with E-state index in [2.05, 4.69) is 291 Å². The van der Waals surface area contributed by atoms with Gasteiger partial charge in [-0.1, -0.05) is 319 Å². The van der Waals surface area contributed by atoms with Gasteiger partial charge in [-0.2, -0.15) is 0 Å². The number of para-hydroxylation sites is 2. The number of aromatic nitrogens is 2. The molecule has 5 heteroatoms. The van der Waals surface area contributed by atoms with Crippen LogP contribution in [0, 0.1) is 20.8 Å². The lowest BCUT2D eigenvalue weighted by atomic mass is 9.33. The Kier molecular flexibility index (Phi) is 14.5. The first-order valence-electron chi connectivity index (χ1n) is 48.7. The summed E-state index contributed by atoms with van der Waals surface area (Å²) < 4.78 is 144. The molecule has 0 spiro atoms. The van der Waals surface area contributed by atoms with E-state index in [4.69, 9.17) is 0 Å². The van der Waals surface area contributed by atoms with Gasteiger partial charge in [-0.05, 0) is 257 Å². The molecule has 0 aliphatic carbocycles. The van der Waals surface area contributed by atoms with Crippen molar-refractivity contribution >= 4 is 101 Å². The van der Waals surface area contributed by atoms with E-state index in [-0.39, 0.29) is 109 Å². The standard InChI is InChI=1S/C115H101BN4/c1-72-58-73(2)108(74(3)59-72)83-62-106-109-107(63-83)120(111-94(81-44-32-42-79(60-81)75-34-20-16-21-35-75)68-87(115(13,14)15)69-95(111)82-45-33-43-80(61-82)76-36-22-17-23-37-76)105-71-89(118-101-49-31-29-47-91(101)97-65-85(113(7,8)9)51-57-103(97)118)53-55-99(105)116(109)98-54-52-88(117-100-48-30-28-46-90(100)96-64-84(112(4,5)6)50-56-102(96)117)70-104(98)119(106)110-92(77-38-24-18-25-39-77)66-86(114(10,11)12)67-93(110)78-40-26-19-27-41-78/h16-71H,1-15H3/i28D,29D,30D,31D,46D,47D,48D,49D,50D,51D,56D,57D,64D,65D. The van der Waals surface area contributed by atoms with Crippen molar-refractivity contribution in [2.45, 2.75) is 126 Å². The van der Waals surface area contributed by atoms with Crippen LogP contribution >= 0.6 is 0 Å². The summed E-state index contributed by atoms with van der Waals surface area (Å²) in [6.07, 6.45) is 0. The average Bonchev–Trinajstić information content (AvgIpc) is 0.938. The predicted octanol–water partition coefficient (Wildman–Crippen LogP) is 29.7. The molecule has 2 aliphatic rings. The Morgan fingerprint density at radius 2 is 0.617 bits per heavy atom.